The summed E-state index contributed by atoms with van der Waals surface area (Å²) in [6, 6.07) is 9.07. The van der Waals surface area contributed by atoms with Gasteiger partial charge in [-0.2, -0.15) is 0 Å². The van der Waals surface area contributed by atoms with E-state index in [1.807, 2.05) is 12.1 Å². The van der Waals surface area contributed by atoms with E-state index in [1.54, 1.807) is 0 Å². The number of H-pyrrole nitrogens is 1. The summed E-state index contributed by atoms with van der Waals surface area (Å²) in [6.45, 7) is 4.51. The van der Waals surface area contributed by atoms with E-state index in [9.17, 15) is 0 Å². The molecule has 3 heteroatoms. The Morgan fingerprint density at radius 1 is 1.21 bits per heavy atom. The molecule has 3 rings (SSSR count). The first-order valence-electron chi connectivity index (χ1n) is 7.45. The molecule has 19 heavy (non-hydrogen) atoms. The van der Waals surface area contributed by atoms with Crippen LogP contribution in [0.4, 0.5) is 0 Å². The average Bonchev–Trinajstić information content (AvgIpc) is 3.07. The van der Waals surface area contributed by atoms with Crippen molar-refractivity contribution >= 4 is 11.0 Å². The highest BCUT2D eigenvalue weighted by Gasteiger charge is 2.23. The summed E-state index contributed by atoms with van der Waals surface area (Å²) in [7, 11) is 0. The van der Waals surface area contributed by atoms with Crippen molar-refractivity contribution < 1.29 is 0 Å². The highest BCUT2D eigenvalue weighted by molar-refractivity contribution is 5.74. The number of nitrogens with zero attached hydrogens (tertiary/aromatic N) is 1. The van der Waals surface area contributed by atoms with E-state index in [-0.39, 0.29) is 6.04 Å². The molecule has 1 aliphatic carbocycles. The molecule has 0 spiro atoms. The average molecular weight is 257 g/mol. The second-order valence-corrected chi connectivity index (χ2v) is 5.86. The van der Waals surface area contributed by atoms with Gasteiger partial charge in [-0.15, -0.1) is 0 Å². The molecule has 0 radical (unpaired) electrons. The number of rotatable bonds is 4. The summed E-state index contributed by atoms with van der Waals surface area (Å²) >= 11 is 0. The van der Waals surface area contributed by atoms with Gasteiger partial charge in [0.25, 0.3) is 0 Å². The van der Waals surface area contributed by atoms with Crippen LogP contribution in [0, 0.1) is 5.92 Å². The standard InChI is InChI=1S/C16H23N3/c1-11(13-7-3-4-8-13)17-12(2)16-18-14-9-5-6-10-15(14)19-16/h5-6,9-13,17H,3-4,7-8H2,1-2H3,(H,18,19). The molecule has 2 N–H and O–H groups in total. The van der Waals surface area contributed by atoms with Crippen LogP contribution in [0.15, 0.2) is 24.3 Å². The van der Waals surface area contributed by atoms with Crippen molar-refractivity contribution in [2.75, 3.05) is 0 Å². The maximum atomic E-state index is 4.67. The summed E-state index contributed by atoms with van der Waals surface area (Å²) in [5.74, 6) is 1.89. The van der Waals surface area contributed by atoms with Crippen LogP contribution in [0.3, 0.4) is 0 Å². The minimum atomic E-state index is 0.281. The van der Waals surface area contributed by atoms with Crippen molar-refractivity contribution in [3.05, 3.63) is 30.1 Å². The lowest BCUT2D eigenvalue weighted by Crippen LogP contribution is -2.34. The van der Waals surface area contributed by atoms with E-state index < -0.39 is 0 Å². The molecule has 1 heterocycles. The molecule has 102 valence electrons. The van der Waals surface area contributed by atoms with Crippen LogP contribution in [0.25, 0.3) is 11.0 Å². The van der Waals surface area contributed by atoms with Gasteiger partial charge in [-0.1, -0.05) is 25.0 Å². The maximum Gasteiger partial charge on any atom is 0.124 e. The number of aromatic nitrogens is 2. The van der Waals surface area contributed by atoms with Gasteiger partial charge in [0.05, 0.1) is 17.1 Å². The van der Waals surface area contributed by atoms with Crippen LogP contribution < -0.4 is 5.32 Å². The van der Waals surface area contributed by atoms with Crippen molar-refractivity contribution in [2.45, 2.75) is 51.6 Å². The predicted octanol–water partition coefficient (Wildman–Crippen LogP) is 3.79. The van der Waals surface area contributed by atoms with Gasteiger partial charge in [0.15, 0.2) is 0 Å². The molecule has 0 amide bonds. The third-order valence-corrected chi connectivity index (χ3v) is 4.44. The lowest BCUT2D eigenvalue weighted by Gasteiger charge is -2.23. The van der Waals surface area contributed by atoms with Gasteiger partial charge in [0, 0.05) is 6.04 Å². The Morgan fingerprint density at radius 2 is 1.95 bits per heavy atom. The molecule has 1 fully saturated rings. The minimum absolute atomic E-state index is 0.281. The molecular formula is C16H23N3. The first-order valence-corrected chi connectivity index (χ1v) is 7.45. The first-order chi connectivity index (χ1) is 9.24. The number of nitrogens with one attached hydrogen (secondary N) is 2. The molecule has 1 aromatic heterocycles. The molecule has 0 aliphatic heterocycles. The Balaban J connectivity index is 1.70. The zero-order valence-electron chi connectivity index (χ0n) is 11.8. The minimum Gasteiger partial charge on any atom is -0.341 e. The van der Waals surface area contributed by atoms with Gasteiger partial charge in [0.2, 0.25) is 0 Å². The predicted molar refractivity (Wildman–Crippen MR) is 79.1 cm³/mol. The Labute approximate surface area is 114 Å². The van der Waals surface area contributed by atoms with Crippen molar-refractivity contribution in [2.24, 2.45) is 5.92 Å². The fraction of sp³-hybridized carbons (Fsp3) is 0.562. The molecule has 0 saturated heterocycles. The van der Waals surface area contributed by atoms with E-state index >= 15 is 0 Å². The molecule has 2 aromatic rings. The SMILES string of the molecule is CC(NC(C)C1CCCC1)c1nc2ccccc2[nH]1. The molecule has 3 nitrogen and oxygen atoms in total. The van der Waals surface area contributed by atoms with E-state index in [0.717, 1.165) is 22.8 Å². The summed E-state index contributed by atoms with van der Waals surface area (Å²) in [4.78, 5) is 8.09. The highest BCUT2D eigenvalue weighted by Crippen LogP contribution is 2.28. The van der Waals surface area contributed by atoms with Crippen molar-refractivity contribution in [1.29, 1.82) is 0 Å². The van der Waals surface area contributed by atoms with Gasteiger partial charge in [-0.05, 0) is 44.7 Å². The summed E-state index contributed by atoms with van der Waals surface area (Å²) < 4.78 is 0. The molecule has 2 atom stereocenters. The molecule has 1 aliphatic rings. The fourth-order valence-corrected chi connectivity index (χ4v) is 3.24. The Hall–Kier alpha value is -1.35. The zero-order valence-corrected chi connectivity index (χ0v) is 11.8. The maximum absolute atomic E-state index is 4.67. The summed E-state index contributed by atoms with van der Waals surface area (Å²) in [5.41, 5.74) is 2.18. The number of imidazole rings is 1. The Kier molecular flexibility index (Phi) is 3.56. The number of fused-ring (bicyclic) bond motifs is 1. The van der Waals surface area contributed by atoms with Crippen LogP contribution in [-0.4, -0.2) is 16.0 Å². The smallest absolute Gasteiger partial charge is 0.124 e. The van der Waals surface area contributed by atoms with Gasteiger partial charge in [-0.25, -0.2) is 4.98 Å². The Bertz CT molecular complexity index is 507. The zero-order chi connectivity index (χ0) is 13.2. The number of hydrogen-bond acceptors (Lipinski definition) is 2. The molecule has 0 bridgehead atoms. The van der Waals surface area contributed by atoms with Gasteiger partial charge < -0.3 is 10.3 Å². The quantitative estimate of drug-likeness (QED) is 0.875. The molecular weight excluding hydrogens is 234 g/mol. The fourth-order valence-electron chi connectivity index (χ4n) is 3.24. The number of para-hydroxylation sites is 2. The van der Waals surface area contributed by atoms with E-state index in [2.05, 4.69) is 41.3 Å². The number of aromatic amines is 1. The normalized spacial score (nSPS) is 19.9. The van der Waals surface area contributed by atoms with Crippen molar-refractivity contribution in [1.82, 2.24) is 15.3 Å². The highest BCUT2D eigenvalue weighted by atomic mass is 15.0. The topological polar surface area (TPSA) is 40.7 Å². The number of hydrogen-bond donors (Lipinski definition) is 2. The van der Waals surface area contributed by atoms with E-state index in [1.165, 1.54) is 25.7 Å². The lowest BCUT2D eigenvalue weighted by atomic mass is 9.99. The van der Waals surface area contributed by atoms with Gasteiger partial charge in [-0.3, -0.25) is 0 Å². The van der Waals surface area contributed by atoms with Crippen molar-refractivity contribution in [3.63, 3.8) is 0 Å². The largest absolute Gasteiger partial charge is 0.341 e. The molecule has 2 unspecified atom stereocenters. The second kappa shape index (κ2) is 5.33. The third-order valence-electron chi connectivity index (χ3n) is 4.44. The van der Waals surface area contributed by atoms with Crippen LogP contribution in [-0.2, 0) is 0 Å². The van der Waals surface area contributed by atoms with Crippen LogP contribution in [0.1, 0.15) is 51.4 Å². The summed E-state index contributed by atoms with van der Waals surface area (Å²) in [5, 5.41) is 3.71. The first kappa shape index (κ1) is 12.7. The van der Waals surface area contributed by atoms with Gasteiger partial charge in [0.1, 0.15) is 5.82 Å². The molecule has 1 aromatic carbocycles. The number of benzene rings is 1. The van der Waals surface area contributed by atoms with E-state index in [0.29, 0.717) is 6.04 Å². The van der Waals surface area contributed by atoms with Crippen molar-refractivity contribution in [3.8, 4) is 0 Å². The van der Waals surface area contributed by atoms with Crippen LogP contribution in [0.5, 0.6) is 0 Å². The van der Waals surface area contributed by atoms with Crippen LogP contribution >= 0.6 is 0 Å². The second-order valence-electron chi connectivity index (χ2n) is 5.86. The molecule has 1 saturated carbocycles. The lowest BCUT2D eigenvalue weighted by molar-refractivity contribution is 0.348. The summed E-state index contributed by atoms with van der Waals surface area (Å²) in [6.07, 6.45) is 5.55. The van der Waals surface area contributed by atoms with Crippen LogP contribution in [0.2, 0.25) is 0 Å². The monoisotopic (exact) mass is 257 g/mol. The Morgan fingerprint density at radius 3 is 2.68 bits per heavy atom. The van der Waals surface area contributed by atoms with Gasteiger partial charge >= 0.3 is 0 Å². The third kappa shape index (κ3) is 2.66. The van der Waals surface area contributed by atoms with E-state index in [4.69, 9.17) is 0 Å².